The van der Waals surface area contributed by atoms with Gasteiger partial charge < -0.3 is 9.52 Å². The third-order valence-corrected chi connectivity index (χ3v) is 5.06. The zero-order valence-corrected chi connectivity index (χ0v) is 13.6. The molecule has 0 amide bonds. The molecule has 1 aromatic carbocycles. The predicted molar refractivity (Wildman–Crippen MR) is 87.7 cm³/mol. The van der Waals surface area contributed by atoms with Crippen LogP contribution in [-0.4, -0.2) is 9.67 Å². The third kappa shape index (κ3) is 2.77. The Bertz CT molecular complexity index is 847. The van der Waals surface area contributed by atoms with E-state index in [1.165, 1.54) is 11.3 Å². The van der Waals surface area contributed by atoms with Gasteiger partial charge >= 0.3 is 0 Å². The summed E-state index contributed by atoms with van der Waals surface area (Å²) in [6, 6.07) is 11.3. The molecule has 0 saturated heterocycles. The number of aromatic nitrogens is 1. The minimum atomic E-state index is 0.195. The van der Waals surface area contributed by atoms with Crippen LogP contribution in [0.1, 0.15) is 10.6 Å². The topological polar surface area (TPSA) is 38.3 Å². The van der Waals surface area contributed by atoms with Crippen molar-refractivity contribution in [1.29, 1.82) is 0 Å². The number of rotatable bonds is 3. The molecule has 1 N–H and O–H groups in total. The van der Waals surface area contributed by atoms with Crippen molar-refractivity contribution in [3.8, 4) is 17.2 Å². The number of benzene rings is 1. The summed E-state index contributed by atoms with van der Waals surface area (Å²) >= 11 is 12.7. The summed E-state index contributed by atoms with van der Waals surface area (Å²) in [5.41, 5.74) is 0.857. The van der Waals surface area contributed by atoms with E-state index >= 15 is 0 Å². The van der Waals surface area contributed by atoms with Crippen molar-refractivity contribution in [3.05, 3.63) is 56.0 Å². The summed E-state index contributed by atoms with van der Waals surface area (Å²) in [5.74, 6) is 1.67. The Morgan fingerprint density at radius 1 is 1.29 bits per heavy atom. The van der Waals surface area contributed by atoms with Gasteiger partial charge in [-0.15, -0.1) is 11.3 Å². The van der Waals surface area contributed by atoms with Crippen LogP contribution in [0.25, 0.3) is 11.3 Å². The zero-order valence-electron chi connectivity index (χ0n) is 11.2. The van der Waals surface area contributed by atoms with Gasteiger partial charge in [0.15, 0.2) is 3.95 Å². The summed E-state index contributed by atoms with van der Waals surface area (Å²) in [5, 5.41) is 10.6. The van der Waals surface area contributed by atoms with E-state index in [4.69, 9.17) is 28.2 Å². The molecule has 0 aliphatic rings. The lowest BCUT2D eigenvalue weighted by Crippen LogP contribution is -1.87. The molecule has 0 bridgehead atoms. The Kier molecular flexibility index (Phi) is 3.89. The molecule has 3 aromatic rings. The van der Waals surface area contributed by atoms with E-state index in [2.05, 4.69) is 0 Å². The number of nitrogens with zero attached hydrogens (tertiary/aromatic N) is 1. The molecule has 108 valence electrons. The monoisotopic (exact) mass is 337 g/mol. The van der Waals surface area contributed by atoms with E-state index in [0.29, 0.717) is 15.4 Å². The average molecular weight is 338 g/mol. The quantitative estimate of drug-likeness (QED) is 0.681. The minimum Gasteiger partial charge on any atom is -0.494 e. The highest BCUT2D eigenvalue weighted by molar-refractivity contribution is 7.73. The molecule has 0 saturated carbocycles. The molecular formula is C15H12ClNO2S2. The Morgan fingerprint density at radius 2 is 2.05 bits per heavy atom. The fourth-order valence-corrected chi connectivity index (χ4v) is 3.54. The highest BCUT2D eigenvalue weighted by Gasteiger charge is 2.13. The second-order valence-corrected chi connectivity index (χ2v) is 6.73. The van der Waals surface area contributed by atoms with Crippen LogP contribution in [0.2, 0.25) is 5.02 Å². The Hall–Kier alpha value is -1.56. The van der Waals surface area contributed by atoms with Crippen molar-refractivity contribution < 1.29 is 9.52 Å². The molecule has 0 aliphatic carbocycles. The van der Waals surface area contributed by atoms with E-state index in [9.17, 15) is 5.11 Å². The second-order valence-electron chi connectivity index (χ2n) is 4.60. The van der Waals surface area contributed by atoms with E-state index in [1.807, 2.05) is 36.4 Å². The Morgan fingerprint density at radius 3 is 2.71 bits per heavy atom. The van der Waals surface area contributed by atoms with Gasteiger partial charge in [0.2, 0.25) is 5.88 Å². The van der Waals surface area contributed by atoms with E-state index < -0.39 is 0 Å². The number of halogens is 1. The van der Waals surface area contributed by atoms with Crippen LogP contribution >= 0.6 is 35.2 Å². The second kappa shape index (κ2) is 5.67. The first kappa shape index (κ1) is 14.4. The SMILES string of the molecule is Cn1c(O)c(Cc2ccc(-c3ccccc3Cl)o2)sc1=S. The van der Waals surface area contributed by atoms with Gasteiger partial charge in [0.25, 0.3) is 0 Å². The van der Waals surface area contributed by atoms with E-state index in [0.717, 1.165) is 22.0 Å². The van der Waals surface area contributed by atoms with Crippen LogP contribution in [-0.2, 0) is 13.5 Å². The first-order valence-electron chi connectivity index (χ1n) is 6.27. The molecule has 2 heterocycles. The molecule has 6 heteroatoms. The van der Waals surface area contributed by atoms with Crippen molar-refractivity contribution in [2.75, 3.05) is 0 Å². The van der Waals surface area contributed by atoms with Gasteiger partial charge in [-0.1, -0.05) is 23.7 Å². The number of hydrogen-bond donors (Lipinski definition) is 1. The van der Waals surface area contributed by atoms with Crippen LogP contribution in [0, 0.1) is 3.95 Å². The molecule has 0 atom stereocenters. The summed E-state index contributed by atoms with van der Waals surface area (Å²) in [6.45, 7) is 0. The average Bonchev–Trinajstić information content (AvgIpc) is 3.01. The lowest BCUT2D eigenvalue weighted by molar-refractivity contribution is 0.424. The van der Waals surface area contributed by atoms with Crippen LogP contribution in [0.3, 0.4) is 0 Å². The number of furan rings is 1. The van der Waals surface area contributed by atoms with Crippen LogP contribution in [0.15, 0.2) is 40.8 Å². The minimum absolute atomic E-state index is 0.195. The molecule has 0 aliphatic heterocycles. The van der Waals surface area contributed by atoms with Crippen molar-refractivity contribution in [2.45, 2.75) is 6.42 Å². The fourth-order valence-electron chi connectivity index (χ4n) is 2.05. The van der Waals surface area contributed by atoms with Gasteiger partial charge in [0.1, 0.15) is 11.5 Å². The van der Waals surface area contributed by atoms with E-state index in [-0.39, 0.29) is 5.88 Å². The number of hydrogen-bond acceptors (Lipinski definition) is 4. The van der Waals surface area contributed by atoms with Gasteiger partial charge in [0.05, 0.1) is 9.90 Å². The highest BCUT2D eigenvalue weighted by atomic mass is 35.5. The maximum absolute atomic E-state index is 9.99. The summed E-state index contributed by atoms with van der Waals surface area (Å²) in [4.78, 5) is 0.794. The normalized spacial score (nSPS) is 11.0. The maximum Gasteiger partial charge on any atom is 0.206 e. The molecule has 3 rings (SSSR count). The third-order valence-electron chi connectivity index (χ3n) is 3.19. The van der Waals surface area contributed by atoms with Crippen molar-refractivity contribution in [2.24, 2.45) is 7.05 Å². The van der Waals surface area contributed by atoms with Gasteiger partial charge in [0, 0.05) is 19.0 Å². The first-order chi connectivity index (χ1) is 10.1. The molecule has 21 heavy (non-hydrogen) atoms. The van der Waals surface area contributed by atoms with Gasteiger partial charge in [-0.2, -0.15) is 0 Å². The lowest BCUT2D eigenvalue weighted by atomic mass is 10.2. The molecule has 0 unspecified atom stereocenters. The molecule has 0 spiro atoms. The number of thiazole rings is 1. The molecular weight excluding hydrogens is 326 g/mol. The summed E-state index contributed by atoms with van der Waals surface area (Å²) in [7, 11) is 1.75. The van der Waals surface area contributed by atoms with Gasteiger partial charge in [-0.05, 0) is 36.5 Å². The van der Waals surface area contributed by atoms with Crippen molar-refractivity contribution in [1.82, 2.24) is 4.57 Å². The van der Waals surface area contributed by atoms with E-state index in [1.54, 1.807) is 11.6 Å². The Labute approximate surface area is 136 Å². The van der Waals surface area contributed by atoms with Gasteiger partial charge in [-0.25, -0.2) is 0 Å². The number of aromatic hydroxyl groups is 1. The highest BCUT2D eigenvalue weighted by Crippen LogP contribution is 2.32. The van der Waals surface area contributed by atoms with Crippen molar-refractivity contribution >= 4 is 35.2 Å². The fraction of sp³-hybridized carbons (Fsp3) is 0.133. The summed E-state index contributed by atoms with van der Waals surface area (Å²) < 4.78 is 8.06. The predicted octanol–water partition coefficient (Wildman–Crippen LogP) is 5.03. The maximum atomic E-state index is 9.99. The van der Waals surface area contributed by atoms with Crippen LogP contribution in [0.5, 0.6) is 5.88 Å². The summed E-state index contributed by atoms with van der Waals surface area (Å²) in [6.07, 6.45) is 0.505. The molecule has 3 nitrogen and oxygen atoms in total. The molecule has 0 fully saturated rings. The van der Waals surface area contributed by atoms with Gasteiger partial charge in [-0.3, -0.25) is 4.57 Å². The lowest BCUT2D eigenvalue weighted by Gasteiger charge is -2.00. The first-order valence-corrected chi connectivity index (χ1v) is 7.88. The van der Waals surface area contributed by atoms with Crippen LogP contribution in [0.4, 0.5) is 0 Å². The van der Waals surface area contributed by atoms with Crippen molar-refractivity contribution in [3.63, 3.8) is 0 Å². The standard InChI is InChI=1S/C15H12ClNO2S2/c1-17-14(18)13(21-15(17)20)8-9-6-7-12(19-9)10-4-2-3-5-11(10)16/h2-7,18H,8H2,1H3. The molecule has 0 radical (unpaired) electrons. The zero-order chi connectivity index (χ0) is 15.0. The smallest absolute Gasteiger partial charge is 0.206 e. The molecule has 2 aromatic heterocycles. The Balaban J connectivity index is 1.91. The largest absolute Gasteiger partial charge is 0.494 e. The van der Waals surface area contributed by atoms with Crippen LogP contribution < -0.4 is 0 Å².